The Kier molecular flexibility index (Phi) is 4.38. The van der Waals surface area contributed by atoms with Crippen LogP contribution in [0.1, 0.15) is 36.7 Å². The van der Waals surface area contributed by atoms with Gasteiger partial charge in [0.05, 0.1) is 12.8 Å². The minimum atomic E-state index is -0.250. The van der Waals surface area contributed by atoms with Crippen LogP contribution < -0.4 is 10.1 Å². The maximum absolute atomic E-state index is 14.4. The van der Waals surface area contributed by atoms with Crippen LogP contribution in [-0.4, -0.2) is 36.0 Å². The Morgan fingerprint density at radius 2 is 2.10 bits per heavy atom. The monoisotopic (exact) mass is 407 g/mol. The normalized spacial score (nSPS) is 13.1. The maximum Gasteiger partial charge on any atom is 0.210 e. The van der Waals surface area contributed by atoms with Crippen LogP contribution in [-0.2, 0) is 13.0 Å². The van der Waals surface area contributed by atoms with E-state index in [1.165, 1.54) is 6.07 Å². The molecule has 30 heavy (non-hydrogen) atoms. The van der Waals surface area contributed by atoms with Crippen molar-refractivity contribution in [3.05, 3.63) is 53.5 Å². The molecule has 1 aliphatic rings. The number of ether oxygens (including phenoxy) is 1. The van der Waals surface area contributed by atoms with E-state index in [1.807, 2.05) is 17.8 Å². The zero-order chi connectivity index (χ0) is 20.8. The van der Waals surface area contributed by atoms with Crippen molar-refractivity contribution in [3.8, 4) is 16.9 Å². The van der Waals surface area contributed by atoms with E-state index in [-0.39, 0.29) is 11.9 Å². The lowest BCUT2D eigenvalue weighted by atomic mass is 10.0. The van der Waals surface area contributed by atoms with Crippen molar-refractivity contribution in [1.29, 1.82) is 0 Å². The Labute approximate surface area is 172 Å². The third-order valence-electron chi connectivity index (χ3n) is 5.52. The van der Waals surface area contributed by atoms with Gasteiger partial charge in [-0.2, -0.15) is 5.10 Å². The standard InChI is InChI=1S/C21H22FN7O/c1-12(2)29-13(3)15(10-26-29)17-9-24-21(28-11-25-27-20(17)28)23-8-16-14-6-7-30-19(14)5-4-18(16)22/h4-5,9-12H,6-8H2,1-3H3,(H,23,24). The highest BCUT2D eigenvalue weighted by atomic mass is 19.1. The SMILES string of the molecule is Cc1c(-c2cnc(NCc3c(F)ccc4c3CCO4)n3cnnc23)cnn1C(C)C. The molecule has 0 saturated heterocycles. The average Bonchev–Trinajstić information content (AvgIpc) is 3.46. The molecule has 0 unspecified atom stereocenters. The summed E-state index contributed by atoms with van der Waals surface area (Å²) in [5.41, 5.74) is 5.04. The first kappa shape index (κ1) is 18.5. The minimum Gasteiger partial charge on any atom is -0.493 e. The fraction of sp³-hybridized carbons (Fsp3) is 0.333. The lowest BCUT2D eigenvalue weighted by molar-refractivity contribution is 0.356. The summed E-state index contributed by atoms with van der Waals surface area (Å²) in [7, 11) is 0. The second-order valence-corrected chi connectivity index (χ2v) is 7.66. The van der Waals surface area contributed by atoms with E-state index in [4.69, 9.17) is 4.74 Å². The molecule has 1 aliphatic heterocycles. The lowest BCUT2D eigenvalue weighted by Crippen LogP contribution is -2.10. The second kappa shape index (κ2) is 7.08. The van der Waals surface area contributed by atoms with Crippen molar-refractivity contribution in [1.82, 2.24) is 29.4 Å². The van der Waals surface area contributed by atoms with Gasteiger partial charge in [0.2, 0.25) is 5.95 Å². The molecular weight excluding hydrogens is 385 g/mol. The molecule has 0 bridgehead atoms. The molecule has 0 spiro atoms. The molecule has 0 fully saturated rings. The predicted octanol–water partition coefficient (Wildman–Crippen LogP) is 3.56. The van der Waals surface area contributed by atoms with Gasteiger partial charge in [-0.25, -0.2) is 9.37 Å². The van der Waals surface area contributed by atoms with Crippen molar-refractivity contribution in [3.63, 3.8) is 0 Å². The number of fused-ring (bicyclic) bond motifs is 2. The minimum absolute atomic E-state index is 0.250. The molecule has 4 aromatic rings. The van der Waals surface area contributed by atoms with Crippen molar-refractivity contribution in [2.45, 2.75) is 39.8 Å². The summed E-state index contributed by atoms with van der Waals surface area (Å²) in [6.07, 6.45) is 5.90. The van der Waals surface area contributed by atoms with Gasteiger partial charge in [-0.1, -0.05) is 0 Å². The van der Waals surface area contributed by atoms with Crippen LogP contribution in [0.3, 0.4) is 0 Å². The van der Waals surface area contributed by atoms with E-state index in [0.717, 1.165) is 28.1 Å². The smallest absolute Gasteiger partial charge is 0.210 e. The van der Waals surface area contributed by atoms with Gasteiger partial charge in [-0.15, -0.1) is 10.2 Å². The Bertz CT molecular complexity index is 1240. The van der Waals surface area contributed by atoms with Gasteiger partial charge in [0.1, 0.15) is 17.9 Å². The quantitative estimate of drug-likeness (QED) is 0.545. The Morgan fingerprint density at radius 1 is 1.23 bits per heavy atom. The highest BCUT2D eigenvalue weighted by Crippen LogP contribution is 2.31. The molecule has 8 nitrogen and oxygen atoms in total. The molecule has 5 rings (SSSR count). The highest BCUT2D eigenvalue weighted by molar-refractivity contribution is 5.78. The lowest BCUT2D eigenvalue weighted by Gasteiger charge is -2.13. The number of nitrogens with zero attached hydrogens (tertiary/aromatic N) is 6. The molecule has 0 radical (unpaired) electrons. The van der Waals surface area contributed by atoms with E-state index in [9.17, 15) is 4.39 Å². The number of anilines is 1. The number of hydrogen-bond acceptors (Lipinski definition) is 6. The molecule has 0 atom stereocenters. The van der Waals surface area contributed by atoms with Crippen LogP contribution in [0.15, 0.2) is 30.9 Å². The number of benzene rings is 1. The third kappa shape index (κ3) is 2.89. The topological polar surface area (TPSA) is 82.2 Å². The molecule has 1 aromatic carbocycles. The summed E-state index contributed by atoms with van der Waals surface area (Å²) < 4.78 is 23.7. The van der Waals surface area contributed by atoms with Crippen molar-refractivity contribution >= 4 is 11.6 Å². The van der Waals surface area contributed by atoms with Gasteiger partial charge in [-0.05, 0) is 32.9 Å². The summed E-state index contributed by atoms with van der Waals surface area (Å²) in [5.74, 6) is 1.05. The highest BCUT2D eigenvalue weighted by Gasteiger charge is 2.21. The number of nitrogens with one attached hydrogen (secondary N) is 1. The number of halogens is 1. The van der Waals surface area contributed by atoms with Crippen molar-refractivity contribution in [2.24, 2.45) is 0 Å². The molecular formula is C21H22FN7O. The van der Waals surface area contributed by atoms with E-state index < -0.39 is 0 Å². The zero-order valence-electron chi connectivity index (χ0n) is 17.1. The Morgan fingerprint density at radius 3 is 2.90 bits per heavy atom. The molecule has 0 saturated carbocycles. The molecule has 9 heteroatoms. The van der Waals surface area contributed by atoms with Crippen molar-refractivity contribution in [2.75, 3.05) is 11.9 Å². The summed E-state index contributed by atoms with van der Waals surface area (Å²) in [4.78, 5) is 4.57. The van der Waals surface area contributed by atoms with E-state index in [2.05, 4.69) is 39.4 Å². The van der Waals surface area contributed by atoms with Gasteiger partial charge in [0.25, 0.3) is 0 Å². The van der Waals surface area contributed by atoms with Crippen LogP contribution in [0.2, 0.25) is 0 Å². The fourth-order valence-electron chi connectivity index (χ4n) is 4.02. The fourth-order valence-corrected chi connectivity index (χ4v) is 4.02. The van der Waals surface area contributed by atoms with Crippen LogP contribution >= 0.6 is 0 Å². The van der Waals surface area contributed by atoms with Crippen LogP contribution in [0.25, 0.3) is 16.8 Å². The Balaban J connectivity index is 1.49. The van der Waals surface area contributed by atoms with Gasteiger partial charge in [0.15, 0.2) is 5.65 Å². The van der Waals surface area contributed by atoms with Crippen LogP contribution in [0, 0.1) is 12.7 Å². The predicted molar refractivity (Wildman–Crippen MR) is 110 cm³/mol. The molecule has 1 N–H and O–H groups in total. The molecule has 0 amide bonds. The van der Waals surface area contributed by atoms with E-state index in [1.54, 1.807) is 23.0 Å². The van der Waals surface area contributed by atoms with Gasteiger partial charge >= 0.3 is 0 Å². The van der Waals surface area contributed by atoms with Crippen LogP contribution in [0.4, 0.5) is 10.3 Å². The maximum atomic E-state index is 14.4. The summed E-state index contributed by atoms with van der Waals surface area (Å²) >= 11 is 0. The number of rotatable bonds is 5. The first-order valence-corrected chi connectivity index (χ1v) is 9.94. The summed E-state index contributed by atoms with van der Waals surface area (Å²) in [6.45, 7) is 7.08. The third-order valence-corrected chi connectivity index (χ3v) is 5.52. The van der Waals surface area contributed by atoms with Crippen molar-refractivity contribution < 1.29 is 9.13 Å². The summed E-state index contributed by atoms with van der Waals surface area (Å²) in [5, 5.41) is 16.1. The molecule has 154 valence electrons. The zero-order valence-corrected chi connectivity index (χ0v) is 17.1. The van der Waals surface area contributed by atoms with E-state index in [0.29, 0.717) is 36.7 Å². The van der Waals surface area contributed by atoms with Crippen LogP contribution in [0.5, 0.6) is 5.75 Å². The second-order valence-electron chi connectivity index (χ2n) is 7.66. The summed E-state index contributed by atoms with van der Waals surface area (Å²) in [6, 6.07) is 3.39. The number of aromatic nitrogens is 6. The molecule has 0 aliphatic carbocycles. The van der Waals surface area contributed by atoms with Gasteiger partial charge in [0, 0.05) is 53.2 Å². The molecule has 4 heterocycles. The first-order chi connectivity index (χ1) is 14.5. The number of hydrogen-bond donors (Lipinski definition) is 1. The van der Waals surface area contributed by atoms with E-state index >= 15 is 0 Å². The van der Waals surface area contributed by atoms with Gasteiger partial charge < -0.3 is 10.1 Å². The Hall–Kier alpha value is -3.49. The average molecular weight is 407 g/mol. The first-order valence-electron chi connectivity index (χ1n) is 9.94. The largest absolute Gasteiger partial charge is 0.493 e. The molecule has 3 aromatic heterocycles. The van der Waals surface area contributed by atoms with Gasteiger partial charge in [-0.3, -0.25) is 9.08 Å².